The van der Waals surface area contributed by atoms with Gasteiger partial charge in [-0.15, -0.1) is 0 Å². The summed E-state index contributed by atoms with van der Waals surface area (Å²) in [6, 6.07) is -0.252. The van der Waals surface area contributed by atoms with Gasteiger partial charge in [0.15, 0.2) is 0 Å². The molecule has 0 saturated carbocycles. The van der Waals surface area contributed by atoms with Gasteiger partial charge >= 0.3 is 0 Å². The third-order valence-corrected chi connectivity index (χ3v) is 1.94. The van der Waals surface area contributed by atoms with Crippen LogP contribution in [-0.4, -0.2) is 25.0 Å². The lowest BCUT2D eigenvalue weighted by atomic mass is 10.1. The van der Waals surface area contributed by atoms with Crippen molar-refractivity contribution in [1.29, 1.82) is 0 Å². The van der Waals surface area contributed by atoms with Gasteiger partial charge in [0.2, 0.25) is 5.91 Å². The predicted octanol–water partition coefficient (Wildman–Crippen LogP) is 0.135. The fourth-order valence-electron chi connectivity index (χ4n) is 1.14. The maximum atomic E-state index is 11.0. The molecule has 0 saturated heterocycles. The second-order valence-corrected chi connectivity index (χ2v) is 3.58. The lowest BCUT2D eigenvalue weighted by molar-refractivity contribution is -0.120. The average Bonchev–Trinajstić information content (AvgIpc) is 2.10. The molecule has 0 aromatic carbocycles. The number of unbranched alkanes of at least 4 members (excludes halogenated alkanes) is 1. The summed E-state index contributed by atoms with van der Waals surface area (Å²) >= 11 is 0. The van der Waals surface area contributed by atoms with E-state index in [4.69, 9.17) is 11.5 Å². The second kappa shape index (κ2) is 7.53. The van der Waals surface area contributed by atoms with Crippen molar-refractivity contribution in [2.24, 2.45) is 11.5 Å². The molecule has 1 unspecified atom stereocenters. The Hall–Kier alpha value is -0.870. The van der Waals surface area contributed by atoms with Gasteiger partial charge < -0.3 is 16.8 Å². The first kappa shape index (κ1) is 13.1. The van der Waals surface area contributed by atoms with Crippen molar-refractivity contribution in [3.05, 3.63) is 12.2 Å². The van der Waals surface area contributed by atoms with Crippen LogP contribution in [0.5, 0.6) is 0 Å². The zero-order chi connectivity index (χ0) is 11.0. The minimum Gasteiger partial charge on any atom is -0.368 e. The van der Waals surface area contributed by atoms with Crippen molar-refractivity contribution in [2.75, 3.05) is 13.1 Å². The molecule has 0 heterocycles. The van der Waals surface area contributed by atoms with Crippen molar-refractivity contribution < 1.29 is 4.79 Å². The van der Waals surface area contributed by atoms with Crippen LogP contribution in [0.15, 0.2) is 12.2 Å². The molecule has 1 amide bonds. The molecule has 0 fully saturated rings. The topological polar surface area (TPSA) is 81.1 Å². The Bertz CT molecular complexity index is 192. The molecule has 0 spiro atoms. The molecule has 0 rings (SSSR count). The molecule has 0 aliphatic heterocycles. The fourth-order valence-corrected chi connectivity index (χ4v) is 1.14. The van der Waals surface area contributed by atoms with Gasteiger partial charge in [-0.1, -0.05) is 18.6 Å². The third kappa shape index (κ3) is 6.62. The Morgan fingerprint density at radius 2 is 2.14 bits per heavy atom. The normalized spacial score (nSPS) is 12.4. The van der Waals surface area contributed by atoms with Crippen LogP contribution in [0.3, 0.4) is 0 Å². The fraction of sp³-hybridized carbons (Fsp3) is 0.700. The zero-order valence-electron chi connectivity index (χ0n) is 8.88. The molecule has 0 aromatic heterocycles. The average molecular weight is 199 g/mol. The summed E-state index contributed by atoms with van der Waals surface area (Å²) in [6.07, 6.45) is 2.60. The van der Waals surface area contributed by atoms with Crippen LogP contribution in [0.1, 0.15) is 26.2 Å². The Labute approximate surface area is 85.7 Å². The van der Waals surface area contributed by atoms with Crippen molar-refractivity contribution in [2.45, 2.75) is 32.2 Å². The predicted molar refractivity (Wildman–Crippen MR) is 58.7 cm³/mol. The van der Waals surface area contributed by atoms with E-state index in [1.54, 1.807) is 0 Å². The first-order valence-corrected chi connectivity index (χ1v) is 4.95. The molecule has 0 bridgehead atoms. The van der Waals surface area contributed by atoms with E-state index in [-0.39, 0.29) is 11.9 Å². The van der Waals surface area contributed by atoms with Crippen LogP contribution in [0, 0.1) is 0 Å². The largest absolute Gasteiger partial charge is 0.368 e. The molecule has 0 aliphatic rings. The molecule has 0 aromatic rings. The van der Waals surface area contributed by atoms with Gasteiger partial charge in [-0.25, -0.2) is 0 Å². The maximum absolute atomic E-state index is 11.0. The highest BCUT2D eigenvalue weighted by atomic mass is 16.1. The summed E-state index contributed by atoms with van der Waals surface area (Å²) in [4.78, 5) is 11.0. The van der Waals surface area contributed by atoms with Gasteiger partial charge in [0.1, 0.15) is 0 Å². The Balaban J connectivity index is 3.78. The molecular formula is C10H21N3O. The summed E-state index contributed by atoms with van der Waals surface area (Å²) < 4.78 is 0. The number of hydrogen-bond donors (Lipinski definition) is 3. The van der Waals surface area contributed by atoms with Crippen LogP contribution in [0.2, 0.25) is 0 Å². The first-order chi connectivity index (χ1) is 6.57. The first-order valence-electron chi connectivity index (χ1n) is 4.95. The van der Waals surface area contributed by atoms with E-state index < -0.39 is 0 Å². The van der Waals surface area contributed by atoms with Gasteiger partial charge in [0.05, 0.1) is 6.04 Å². The number of carbonyl (C=O) groups is 1. The van der Waals surface area contributed by atoms with Gasteiger partial charge in [-0.2, -0.15) is 0 Å². The van der Waals surface area contributed by atoms with Crippen molar-refractivity contribution in [3.8, 4) is 0 Å². The van der Waals surface area contributed by atoms with Gasteiger partial charge in [-0.3, -0.25) is 4.79 Å². The molecule has 14 heavy (non-hydrogen) atoms. The number of nitrogens with two attached hydrogens (primary N) is 2. The standard InChI is InChI=1S/C10H21N3O/c1-8(2)7-13-9(10(12)14)5-3-4-6-11/h9,13H,1,3-7,11H2,2H3,(H2,12,14). The van der Waals surface area contributed by atoms with Crippen molar-refractivity contribution >= 4 is 5.91 Å². The van der Waals surface area contributed by atoms with Crippen molar-refractivity contribution in [3.63, 3.8) is 0 Å². The van der Waals surface area contributed by atoms with E-state index in [2.05, 4.69) is 11.9 Å². The minimum absolute atomic E-state index is 0.252. The van der Waals surface area contributed by atoms with E-state index in [0.717, 1.165) is 24.8 Å². The van der Waals surface area contributed by atoms with E-state index in [1.165, 1.54) is 0 Å². The molecule has 0 aliphatic carbocycles. The SMILES string of the molecule is C=C(C)CNC(CCCCN)C(N)=O. The van der Waals surface area contributed by atoms with E-state index in [9.17, 15) is 4.79 Å². The Morgan fingerprint density at radius 3 is 2.57 bits per heavy atom. The van der Waals surface area contributed by atoms with Crippen LogP contribution in [0.25, 0.3) is 0 Å². The number of primary amides is 1. The number of amides is 1. The minimum atomic E-state index is -0.303. The highest BCUT2D eigenvalue weighted by molar-refractivity contribution is 5.79. The Morgan fingerprint density at radius 1 is 1.50 bits per heavy atom. The maximum Gasteiger partial charge on any atom is 0.234 e. The molecule has 4 heteroatoms. The third-order valence-electron chi connectivity index (χ3n) is 1.94. The lowest BCUT2D eigenvalue weighted by Gasteiger charge is -2.14. The molecule has 4 nitrogen and oxygen atoms in total. The van der Waals surface area contributed by atoms with Crippen LogP contribution in [0.4, 0.5) is 0 Å². The number of rotatable bonds is 8. The molecular weight excluding hydrogens is 178 g/mol. The number of carbonyl (C=O) groups excluding carboxylic acids is 1. The summed E-state index contributed by atoms with van der Waals surface area (Å²) in [6.45, 7) is 6.95. The quantitative estimate of drug-likeness (QED) is 0.384. The summed E-state index contributed by atoms with van der Waals surface area (Å²) in [5.74, 6) is -0.303. The van der Waals surface area contributed by atoms with Crippen LogP contribution < -0.4 is 16.8 Å². The Kier molecular flexibility index (Phi) is 7.06. The number of nitrogens with one attached hydrogen (secondary N) is 1. The summed E-state index contributed by atoms with van der Waals surface area (Å²) in [5.41, 5.74) is 11.6. The van der Waals surface area contributed by atoms with Gasteiger partial charge in [0, 0.05) is 6.54 Å². The summed E-state index contributed by atoms with van der Waals surface area (Å²) in [7, 11) is 0. The van der Waals surface area contributed by atoms with E-state index in [0.29, 0.717) is 13.1 Å². The lowest BCUT2D eigenvalue weighted by Crippen LogP contribution is -2.41. The monoisotopic (exact) mass is 199 g/mol. The van der Waals surface area contributed by atoms with Gasteiger partial charge in [0.25, 0.3) is 0 Å². The molecule has 5 N–H and O–H groups in total. The molecule has 0 radical (unpaired) electrons. The van der Waals surface area contributed by atoms with E-state index in [1.807, 2.05) is 6.92 Å². The van der Waals surface area contributed by atoms with E-state index >= 15 is 0 Å². The smallest absolute Gasteiger partial charge is 0.234 e. The molecule has 1 atom stereocenters. The molecule has 82 valence electrons. The zero-order valence-corrected chi connectivity index (χ0v) is 8.88. The highest BCUT2D eigenvalue weighted by Crippen LogP contribution is 2.00. The van der Waals surface area contributed by atoms with Crippen molar-refractivity contribution in [1.82, 2.24) is 5.32 Å². The van der Waals surface area contributed by atoms with Gasteiger partial charge in [-0.05, 0) is 26.3 Å². The van der Waals surface area contributed by atoms with Crippen LogP contribution >= 0.6 is 0 Å². The second-order valence-electron chi connectivity index (χ2n) is 3.58. The highest BCUT2D eigenvalue weighted by Gasteiger charge is 2.13. The summed E-state index contributed by atoms with van der Waals surface area (Å²) in [5, 5.41) is 3.06. The van der Waals surface area contributed by atoms with Crippen LogP contribution in [-0.2, 0) is 4.79 Å². The number of hydrogen-bond acceptors (Lipinski definition) is 3.